The highest BCUT2D eigenvalue weighted by Gasteiger charge is 2.13. The Hall–Kier alpha value is -3.00. The first-order valence-electron chi connectivity index (χ1n) is 9.99. The molecular formula is C23H22N4O2S. The van der Waals surface area contributed by atoms with Crippen molar-refractivity contribution < 1.29 is 9.53 Å². The van der Waals surface area contributed by atoms with E-state index in [0.29, 0.717) is 10.7 Å². The predicted molar refractivity (Wildman–Crippen MR) is 119 cm³/mol. The summed E-state index contributed by atoms with van der Waals surface area (Å²) in [6.45, 7) is 4.43. The number of morpholine rings is 1. The number of anilines is 1. The second-order valence-electron chi connectivity index (χ2n) is 7.30. The van der Waals surface area contributed by atoms with Crippen LogP contribution in [0.5, 0.6) is 0 Å². The monoisotopic (exact) mass is 418 g/mol. The normalized spacial score (nSPS) is 14.8. The molecule has 2 aromatic heterocycles. The van der Waals surface area contributed by atoms with E-state index in [-0.39, 0.29) is 5.91 Å². The summed E-state index contributed by atoms with van der Waals surface area (Å²) in [7, 11) is 0. The summed E-state index contributed by atoms with van der Waals surface area (Å²) in [6, 6.07) is 17.8. The largest absolute Gasteiger partial charge is 0.379 e. The minimum atomic E-state index is -0.151. The van der Waals surface area contributed by atoms with Crippen LogP contribution in [0.1, 0.15) is 15.9 Å². The molecule has 0 unspecified atom stereocenters. The number of aromatic nitrogens is 2. The van der Waals surface area contributed by atoms with Crippen LogP contribution in [0.2, 0.25) is 0 Å². The smallest absolute Gasteiger partial charge is 0.257 e. The van der Waals surface area contributed by atoms with E-state index in [1.54, 1.807) is 0 Å². The molecule has 0 radical (unpaired) electrons. The van der Waals surface area contributed by atoms with Crippen LogP contribution in [-0.4, -0.2) is 46.7 Å². The first-order chi connectivity index (χ1) is 14.7. The van der Waals surface area contributed by atoms with Crippen molar-refractivity contribution >= 4 is 32.6 Å². The summed E-state index contributed by atoms with van der Waals surface area (Å²) in [4.78, 5) is 19.6. The number of ether oxygens (including phenoxy) is 1. The van der Waals surface area contributed by atoms with Crippen molar-refractivity contribution in [2.45, 2.75) is 6.54 Å². The van der Waals surface area contributed by atoms with Crippen LogP contribution in [0.4, 0.5) is 5.13 Å². The van der Waals surface area contributed by atoms with Crippen molar-refractivity contribution in [2.24, 2.45) is 0 Å². The van der Waals surface area contributed by atoms with Crippen molar-refractivity contribution in [1.29, 1.82) is 0 Å². The van der Waals surface area contributed by atoms with Crippen LogP contribution in [0.15, 0.2) is 67.0 Å². The Morgan fingerprint density at radius 1 is 1.07 bits per heavy atom. The minimum Gasteiger partial charge on any atom is -0.379 e. The van der Waals surface area contributed by atoms with Gasteiger partial charge in [0.2, 0.25) is 0 Å². The molecule has 7 heteroatoms. The van der Waals surface area contributed by atoms with Crippen LogP contribution in [0.3, 0.4) is 0 Å². The van der Waals surface area contributed by atoms with E-state index in [2.05, 4.69) is 27.3 Å². The lowest BCUT2D eigenvalue weighted by atomic mass is 10.2. The van der Waals surface area contributed by atoms with E-state index in [9.17, 15) is 4.79 Å². The molecule has 0 saturated carbocycles. The van der Waals surface area contributed by atoms with Crippen molar-refractivity contribution in [3.63, 3.8) is 0 Å². The summed E-state index contributed by atoms with van der Waals surface area (Å²) in [5, 5.41) is 3.56. The Bertz CT molecular complexity index is 1150. The van der Waals surface area contributed by atoms with Crippen molar-refractivity contribution in [2.75, 3.05) is 31.6 Å². The standard InChI is InChI=1S/C23H22N4O2S/c28-22(18-4-6-19(7-5-18)27-9-1-2-10-27)25-23-24-20-8-3-17(15-21(20)30-23)16-26-11-13-29-14-12-26/h1-10,15H,11-14,16H2,(H,24,25,28). The van der Waals surface area contributed by atoms with Gasteiger partial charge in [-0.05, 0) is 54.1 Å². The maximum atomic E-state index is 12.6. The third-order valence-electron chi connectivity index (χ3n) is 5.22. The Balaban J connectivity index is 1.28. The van der Waals surface area contributed by atoms with Gasteiger partial charge in [-0.3, -0.25) is 15.0 Å². The Morgan fingerprint density at radius 2 is 1.83 bits per heavy atom. The number of carbonyl (C=O) groups is 1. The molecule has 4 aromatic rings. The van der Waals surface area contributed by atoms with Gasteiger partial charge in [-0.15, -0.1) is 0 Å². The zero-order valence-electron chi connectivity index (χ0n) is 16.5. The Kier molecular flexibility index (Phi) is 5.31. The first-order valence-corrected chi connectivity index (χ1v) is 10.8. The topological polar surface area (TPSA) is 59.4 Å². The molecule has 30 heavy (non-hydrogen) atoms. The number of thiazole rings is 1. The molecule has 1 fully saturated rings. The summed E-state index contributed by atoms with van der Waals surface area (Å²) in [6.07, 6.45) is 3.95. The van der Waals surface area contributed by atoms with Gasteiger partial charge in [0.05, 0.1) is 23.4 Å². The lowest BCUT2D eigenvalue weighted by Gasteiger charge is -2.26. The molecule has 1 aliphatic heterocycles. The van der Waals surface area contributed by atoms with E-state index in [4.69, 9.17) is 4.74 Å². The van der Waals surface area contributed by atoms with Crippen LogP contribution in [-0.2, 0) is 11.3 Å². The molecule has 1 aliphatic rings. The molecule has 6 nitrogen and oxygen atoms in total. The molecule has 5 rings (SSSR count). The van der Waals surface area contributed by atoms with Crippen LogP contribution in [0, 0.1) is 0 Å². The van der Waals surface area contributed by atoms with E-state index in [1.165, 1.54) is 16.9 Å². The van der Waals surface area contributed by atoms with Gasteiger partial charge in [0.15, 0.2) is 5.13 Å². The highest BCUT2D eigenvalue weighted by Crippen LogP contribution is 2.28. The highest BCUT2D eigenvalue weighted by molar-refractivity contribution is 7.22. The molecule has 0 atom stereocenters. The molecule has 0 spiro atoms. The van der Waals surface area contributed by atoms with Gasteiger partial charge < -0.3 is 9.30 Å². The zero-order valence-corrected chi connectivity index (χ0v) is 17.3. The number of carbonyl (C=O) groups excluding carboxylic acids is 1. The summed E-state index contributed by atoms with van der Waals surface area (Å²) < 4.78 is 8.50. The fraction of sp³-hybridized carbons (Fsp3) is 0.217. The van der Waals surface area contributed by atoms with E-state index >= 15 is 0 Å². The van der Waals surface area contributed by atoms with Gasteiger partial charge in [0, 0.05) is 43.3 Å². The minimum absolute atomic E-state index is 0.151. The highest BCUT2D eigenvalue weighted by atomic mass is 32.1. The summed E-state index contributed by atoms with van der Waals surface area (Å²) >= 11 is 1.51. The molecule has 2 aromatic carbocycles. The number of fused-ring (bicyclic) bond motifs is 1. The fourth-order valence-corrected chi connectivity index (χ4v) is 4.52. The molecule has 3 heterocycles. The number of nitrogens with zero attached hydrogens (tertiary/aromatic N) is 3. The number of nitrogens with one attached hydrogen (secondary N) is 1. The lowest BCUT2D eigenvalue weighted by Crippen LogP contribution is -2.35. The fourth-order valence-electron chi connectivity index (χ4n) is 3.60. The van der Waals surface area contributed by atoms with Crippen molar-refractivity contribution in [1.82, 2.24) is 14.5 Å². The SMILES string of the molecule is O=C(Nc1nc2ccc(CN3CCOCC3)cc2s1)c1ccc(-n2cccc2)cc1. The maximum absolute atomic E-state index is 12.6. The van der Waals surface area contributed by atoms with Crippen LogP contribution in [0.25, 0.3) is 15.9 Å². The van der Waals surface area contributed by atoms with E-state index < -0.39 is 0 Å². The van der Waals surface area contributed by atoms with Crippen molar-refractivity contribution in [3.8, 4) is 5.69 Å². The lowest BCUT2D eigenvalue weighted by molar-refractivity contribution is 0.0342. The number of rotatable bonds is 5. The second kappa shape index (κ2) is 8.39. The third-order valence-corrected chi connectivity index (χ3v) is 6.15. The predicted octanol–water partition coefficient (Wildman–Crippen LogP) is 4.17. The van der Waals surface area contributed by atoms with Gasteiger partial charge in [-0.2, -0.15) is 0 Å². The Morgan fingerprint density at radius 3 is 2.60 bits per heavy atom. The molecule has 1 amide bonds. The number of benzene rings is 2. The van der Waals surface area contributed by atoms with Gasteiger partial charge in [-0.1, -0.05) is 17.4 Å². The average Bonchev–Trinajstić information content (AvgIpc) is 3.44. The van der Waals surface area contributed by atoms with Crippen LogP contribution < -0.4 is 5.32 Å². The number of hydrogen-bond donors (Lipinski definition) is 1. The van der Waals surface area contributed by atoms with Gasteiger partial charge >= 0.3 is 0 Å². The van der Waals surface area contributed by atoms with Gasteiger partial charge in [-0.25, -0.2) is 4.98 Å². The maximum Gasteiger partial charge on any atom is 0.257 e. The summed E-state index contributed by atoms with van der Waals surface area (Å²) in [5.74, 6) is -0.151. The molecule has 1 N–H and O–H groups in total. The zero-order chi connectivity index (χ0) is 20.3. The van der Waals surface area contributed by atoms with Crippen LogP contribution >= 0.6 is 11.3 Å². The molecule has 152 valence electrons. The number of hydrogen-bond acceptors (Lipinski definition) is 5. The van der Waals surface area contributed by atoms with Gasteiger partial charge in [0.1, 0.15) is 0 Å². The van der Waals surface area contributed by atoms with Gasteiger partial charge in [0.25, 0.3) is 5.91 Å². The van der Waals surface area contributed by atoms with Crippen molar-refractivity contribution in [3.05, 3.63) is 78.1 Å². The summed E-state index contributed by atoms with van der Waals surface area (Å²) in [5.41, 5.74) is 3.79. The molecular weight excluding hydrogens is 396 g/mol. The molecule has 0 aliphatic carbocycles. The Labute approximate surface area is 178 Å². The number of amides is 1. The third kappa shape index (κ3) is 4.14. The van der Waals surface area contributed by atoms with E-state index in [1.807, 2.05) is 59.4 Å². The first kappa shape index (κ1) is 19.0. The molecule has 1 saturated heterocycles. The average molecular weight is 419 g/mol. The second-order valence-corrected chi connectivity index (χ2v) is 8.33. The quantitative estimate of drug-likeness (QED) is 0.528. The van der Waals surface area contributed by atoms with E-state index in [0.717, 1.165) is 48.8 Å². The molecule has 0 bridgehead atoms.